The average molecular weight is 157 g/mol. The summed E-state index contributed by atoms with van der Waals surface area (Å²) < 4.78 is 4.54. The van der Waals surface area contributed by atoms with E-state index in [9.17, 15) is 0 Å². The van der Waals surface area contributed by atoms with Gasteiger partial charge in [-0.15, -0.1) is 0 Å². The van der Waals surface area contributed by atoms with Crippen molar-refractivity contribution in [3.8, 4) is 0 Å². The van der Waals surface area contributed by atoms with Gasteiger partial charge >= 0.3 is 0 Å². The molecule has 0 N–H and O–H groups in total. The zero-order valence-corrected chi connectivity index (χ0v) is 9.02. The van der Waals surface area contributed by atoms with Crippen LogP contribution in [0, 0.1) is 0 Å². The summed E-state index contributed by atoms with van der Waals surface area (Å²) in [6.45, 7) is 13.4. The van der Waals surface area contributed by atoms with E-state index in [1.165, 1.54) is 0 Å². The molecular weight excluding hydrogens is 138 g/mol. The van der Waals surface area contributed by atoms with Crippen molar-refractivity contribution in [3.63, 3.8) is 0 Å². The molecule has 0 fully saturated rings. The average Bonchev–Trinajstić information content (AvgIpc) is 1.61. The Morgan fingerprint density at radius 1 is 1.20 bits per heavy atom. The van der Waals surface area contributed by atoms with Gasteiger partial charge in [-0.3, -0.25) is 0 Å². The second kappa shape index (κ2) is 2.87. The first kappa shape index (κ1) is 9.89. The monoisotopic (exact) mass is 157 g/mol. The molecule has 0 aliphatic carbocycles. The van der Waals surface area contributed by atoms with Crippen molar-refractivity contribution in [2.45, 2.75) is 45.8 Å². The Balaban J connectivity index is 4.40. The first-order valence-electron chi connectivity index (χ1n) is 3.81. The molecule has 0 radical (unpaired) electrons. The number of nitrogens with zero attached hydrogens (tertiary/aromatic N) is 1. The molecule has 2 heteroatoms. The Bertz CT molecular complexity index is 131. The molecular formula is C8H19NSi. The fourth-order valence-electron chi connectivity index (χ4n) is 0.516. The largest absolute Gasteiger partial charge is 0.333 e. The summed E-state index contributed by atoms with van der Waals surface area (Å²) in [5.41, 5.74) is 0. The van der Waals surface area contributed by atoms with Gasteiger partial charge in [0, 0.05) is 0 Å². The van der Waals surface area contributed by atoms with Gasteiger partial charge in [0.15, 0.2) is 8.24 Å². The van der Waals surface area contributed by atoms with Gasteiger partial charge in [-0.2, -0.15) is 0 Å². The zero-order valence-electron chi connectivity index (χ0n) is 8.02. The highest BCUT2D eigenvalue weighted by atomic mass is 28.3. The minimum absolute atomic E-state index is 0.388. The molecule has 0 saturated heterocycles. The lowest BCUT2D eigenvalue weighted by atomic mass is 10.2. The van der Waals surface area contributed by atoms with E-state index in [-0.39, 0.29) is 0 Å². The van der Waals surface area contributed by atoms with Gasteiger partial charge in [0.2, 0.25) is 0 Å². The maximum absolute atomic E-state index is 4.54. The van der Waals surface area contributed by atoms with Gasteiger partial charge in [-0.1, -0.05) is 20.8 Å². The van der Waals surface area contributed by atoms with E-state index in [2.05, 4.69) is 38.5 Å². The number of hydrogen-bond acceptors (Lipinski definition) is 1. The van der Waals surface area contributed by atoms with Crippen molar-refractivity contribution >= 4 is 14.5 Å². The van der Waals surface area contributed by atoms with Gasteiger partial charge in [-0.25, -0.2) is 0 Å². The fourth-order valence-corrected chi connectivity index (χ4v) is 1.55. The summed E-state index contributed by atoms with van der Waals surface area (Å²) in [6.07, 6.45) is 1.94. The van der Waals surface area contributed by atoms with Crippen molar-refractivity contribution in [3.05, 3.63) is 0 Å². The molecule has 1 nitrogen and oxygen atoms in total. The first-order chi connectivity index (χ1) is 4.31. The quantitative estimate of drug-likeness (QED) is 0.410. The second-order valence-electron chi connectivity index (χ2n) is 4.20. The predicted molar refractivity (Wildman–Crippen MR) is 51.4 cm³/mol. The third kappa shape index (κ3) is 2.25. The Kier molecular flexibility index (Phi) is 2.83. The van der Waals surface area contributed by atoms with E-state index in [1.54, 1.807) is 0 Å². The molecule has 0 aromatic rings. The van der Waals surface area contributed by atoms with Crippen LogP contribution in [0.2, 0.25) is 18.1 Å². The van der Waals surface area contributed by atoms with Crippen molar-refractivity contribution < 1.29 is 0 Å². The summed E-state index contributed by atoms with van der Waals surface area (Å²) in [5.74, 6) is 0. The van der Waals surface area contributed by atoms with E-state index >= 15 is 0 Å². The van der Waals surface area contributed by atoms with Crippen LogP contribution in [-0.4, -0.2) is 14.5 Å². The molecule has 10 heavy (non-hydrogen) atoms. The second-order valence-corrected chi connectivity index (χ2v) is 9.07. The highest BCUT2D eigenvalue weighted by Gasteiger charge is 2.34. The number of rotatable bonds is 1. The Labute approximate surface area is 65.7 Å². The van der Waals surface area contributed by atoms with E-state index in [0.29, 0.717) is 5.04 Å². The summed E-state index contributed by atoms with van der Waals surface area (Å²) in [7, 11) is -1.34. The molecule has 0 amide bonds. The SMILES string of the molecule is C/C=N\[Si](C)(C)C(C)(C)C. The third-order valence-electron chi connectivity index (χ3n) is 2.29. The molecule has 0 saturated carbocycles. The lowest BCUT2D eigenvalue weighted by Crippen LogP contribution is -2.35. The minimum Gasteiger partial charge on any atom is -0.333 e. The van der Waals surface area contributed by atoms with Crippen LogP contribution in [0.5, 0.6) is 0 Å². The van der Waals surface area contributed by atoms with Crippen LogP contribution in [0.15, 0.2) is 4.66 Å². The molecule has 0 aromatic heterocycles. The van der Waals surface area contributed by atoms with Crippen molar-refractivity contribution in [1.82, 2.24) is 0 Å². The van der Waals surface area contributed by atoms with Gasteiger partial charge < -0.3 is 4.66 Å². The van der Waals surface area contributed by atoms with Crippen LogP contribution in [-0.2, 0) is 0 Å². The van der Waals surface area contributed by atoms with Crippen LogP contribution in [0.4, 0.5) is 0 Å². The summed E-state index contributed by atoms with van der Waals surface area (Å²) in [4.78, 5) is 0. The minimum atomic E-state index is -1.34. The molecule has 0 bridgehead atoms. The summed E-state index contributed by atoms with van der Waals surface area (Å²) in [6, 6.07) is 0. The third-order valence-corrected chi connectivity index (χ3v) is 6.86. The maximum atomic E-state index is 4.54. The first-order valence-corrected chi connectivity index (χ1v) is 6.76. The van der Waals surface area contributed by atoms with Gasteiger partial charge in [0.25, 0.3) is 0 Å². The van der Waals surface area contributed by atoms with Crippen LogP contribution in [0.3, 0.4) is 0 Å². The van der Waals surface area contributed by atoms with Gasteiger partial charge in [0.05, 0.1) is 0 Å². The summed E-state index contributed by atoms with van der Waals surface area (Å²) in [5, 5.41) is 0.388. The number of hydrogen-bond donors (Lipinski definition) is 0. The van der Waals surface area contributed by atoms with Crippen LogP contribution < -0.4 is 0 Å². The maximum Gasteiger partial charge on any atom is 0.179 e. The van der Waals surface area contributed by atoms with Crippen LogP contribution >= 0.6 is 0 Å². The molecule has 0 unspecified atom stereocenters. The van der Waals surface area contributed by atoms with Crippen LogP contribution in [0.25, 0.3) is 0 Å². The Morgan fingerprint density at radius 2 is 1.60 bits per heavy atom. The topological polar surface area (TPSA) is 12.4 Å². The molecule has 0 atom stereocenters. The highest BCUT2D eigenvalue weighted by Crippen LogP contribution is 2.36. The molecule has 0 aliphatic heterocycles. The molecule has 0 aromatic carbocycles. The highest BCUT2D eigenvalue weighted by molar-refractivity contribution is 6.79. The Morgan fingerprint density at radius 3 is 1.70 bits per heavy atom. The molecule has 60 valence electrons. The fraction of sp³-hybridized carbons (Fsp3) is 0.875. The molecule has 0 aliphatic rings. The van der Waals surface area contributed by atoms with E-state index in [4.69, 9.17) is 0 Å². The van der Waals surface area contributed by atoms with Crippen molar-refractivity contribution in [2.75, 3.05) is 0 Å². The van der Waals surface area contributed by atoms with Crippen molar-refractivity contribution in [1.29, 1.82) is 0 Å². The van der Waals surface area contributed by atoms with E-state index in [0.717, 1.165) is 0 Å². The smallest absolute Gasteiger partial charge is 0.179 e. The van der Waals surface area contributed by atoms with Gasteiger partial charge in [-0.05, 0) is 31.3 Å². The van der Waals surface area contributed by atoms with Gasteiger partial charge in [0.1, 0.15) is 0 Å². The normalized spacial score (nSPS) is 14.6. The molecule has 0 heterocycles. The predicted octanol–water partition coefficient (Wildman–Crippen LogP) is 3.08. The zero-order chi connectivity index (χ0) is 8.41. The lowest BCUT2D eigenvalue weighted by Gasteiger charge is -2.32. The van der Waals surface area contributed by atoms with Crippen molar-refractivity contribution in [2.24, 2.45) is 4.66 Å². The molecule has 0 rings (SSSR count). The standard InChI is InChI=1S/C8H19NSi/c1-7-9-10(5,6)8(2,3)4/h7H,1-6H3/b9-7-. The van der Waals surface area contributed by atoms with E-state index in [1.807, 2.05) is 13.1 Å². The summed E-state index contributed by atoms with van der Waals surface area (Å²) >= 11 is 0. The lowest BCUT2D eigenvalue weighted by molar-refractivity contribution is 0.719. The Hall–Kier alpha value is -0.113. The van der Waals surface area contributed by atoms with E-state index < -0.39 is 8.24 Å². The molecule has 0 spiro atoms. The van der Waals surface area contributed by atoms with Crippen LogP contribution in [0.1, 0.15) is 27.7 Å².